The number of carbonyl (C=O) groups excluding carboxylic acids is 2. The lowest BCUT2D eigenvalue weighted by atomic mass is 9.79. The van der Waals surface area contributed by atoms with Crippen LogP contribution in [-0.4, -0.2) is 53.3 Å². The molecule has 10 nitrogen and oxygen atoms in total. The average molecular weight is 617 g/mol. The minimum absolute atomic E-state index is 0.0676. The summed E-state index contributed by atoms with van der Waals surface area (Å²) in [5, 5.41) is 19.1. The monoisotopic (exact) mass is 616 g/mol. The van der Waals surface area contributed by atoms with Crippen LogP contribution in [0.2, 0.25) is 0 Å². The van der Waals surface area contributed by atoms with Crippen LogP contribution in [0.15, 0.2) is 24.7 Å². The van der Waals surface area contributed by atoms with Gasteiger partial charge in [0.15, 0.2) is 11.3 Å². The summed E-state index contributed by atoms with van der Waals surface area (Å²) < 4.78 is 56.2. The highest BCUT2D eigenvalue weighted by Crippen LogP contribution is 2.45. The normalized spacial score (nSPS) is 23.2. The summed E-state index contributed by atoms with van der Waals surface area (Å²) in [6, 6.07) is 0.876. The lowest BCUT2D eigenvalue weighted by molar-refractivity contribution is -0.134. The molecule has 3 aromatic rings. The Morgan fingerprint density at radius 1 is 0.886 bits per heavy atom. The van der Waals surface area contributed by atoms with E-state index in [1.165, 1.54) is 11.0 Å². The van der Waals surface area contributed by atoms with Gasteiger partial charge < -0.3 is 10.6 Å². The van der Waals surface area contributed by atoms with E-state index in [2.05, 4.69) is 25.9 Å². The van der Waals surface area contributed by atoms with Gasteiger partial charge in [-0.25, -0.2) is 27.1 Å². The molecule has 0 unspecified atom stereocenters. The molecule has 0 spiro atoms. The molecule has 2 N–H and O–H groups in total. The van der Waals surface area contributed by atoms with E-state index < -0.39 is 23.8 Å². The van der Waals surface area contributed by atoms with Crippen LogP contribution in [0.5, 0.6) is 0 Å². The first-order valence-corrected chi connectivity index (χ1v) is 15.6. The molecule has 2 amide bonds. The molecular weight excluding hydrogens is 580 g/mol. The van der Waals surface area contributed by atoms with Crippen LogP contribution in [0.25, 0.3) is 5.65 Å². The van der Waals surface area contributed by atoms with E-state index in [0.29, 0.717) is 23.8 Å². The smallest absolute Gasteiger partial charge is 0.274 e. The number of halogens is 4. The number of aromatic nitrogens is 6. The summed E-state index contributed by atoms with van der Waals surface area (Å²) in [6.45, 7) is 0.660. The number of hydrogen-bond donors (Lipinski definition) is 2. The van der Waals surface area contributed by atoms with E-state index in [1.807, 2.05) is 6.07 Å². The third-order valence-corrected chi connectivity index (χ3v) is 9.50. The number of nitrogens with one attached hydrogen (secondary N) is 2. The summed E-state index contributed by atoms with van der Waals surface area (Å²) in [4.78, 5) is 32.3. The number of hydrogen-bond acceptors (Lipinski definition) is 6. The molecule has 14 heteroatoms. The Labute approximate surface area is 251 Å². The van der Waals surface area contributed by atoms with Gasteiger partial charge in [-0.05, 0) is 73.8 Å². The molecule has 2 atom stereocenters. The molecule has 0 bridgehead atoms. The molecule has 4 aliphatic carbocycles. The lowest BCUT2D eigenvalue weighted by Crippen LogP contribution is -2.39. The van der Waals surface area contributed by atoms with Gasteiger partial charge in [0.2, 0.25) is 17.8 Å². The zero-order chi connectivity index (χ0) is 30.6. The fraction of sp³-hybridized carbons (Fsp3) is 0.667. The van der Waals surface area contributed by atoms with Crippen LogP contribution in [0, 0.1) is 23.7 Å². The first-order chi connectivity index (χ1) is 21.0. The second-order valence-electron chi connectivity index (χ2n) is 13.3. The van der Waals surface area contributed by atoms with E-state index in [4.69, 9.17) is 4.98 Å². The topological polar surface area (TPSA) is 119 Å². The van der Waals surface area contributed by atoms with Crippen molar-refractivity contribution in [1.29, 1.82) is 0 Å². The maximum atomic E-state index is 14.1. The molecule has 3 heterocycles. The predicted octanol–water partition coefficient (Wildman–Crippen LogP) is 5.03. The van der Waals surface area contributed by atoms with Crippen LogP contribution in [-0.2, 0) is 11.3 Å². The first kappa shape index (κ1) is 29.1. The fourth-order valence-corrected chi connectivity index (χ4v) is 6.62. The van der Waals surface area contributed by atoms with Crippen molar-refractivity contribution in [1.82, 2.24) is 40.2 Å². The van der Waals surface area contributed by atoms with Crippen molar-refractivity contribution in [3.63, 3.8) is 0 Å². The van der Waals surface area contributed by atoms with Crippen LogP contribution in [0.1, 0.15) is 104 Å². The molecule has 4 aliphatic rings. The Morgan fingerprint density at radius 3 is 2.30 bits per heavy atom. The lowest BCUT2D eigenvalue weighted by Gasteiger charge is -2.34. The highest BCUT2D eigenvalue weighted by atomic mass is 19.3. The molecule has 3 aromatic heterocycles. The van der Waals surface area contributed by atoms with Gasteiger partial charge >= 0.3 is 0 Å². The van der Waals surface area contributed by atoms with Gasteiger partial charge in [0, 0.05) is 32.1 Å². The van der Waals surface area contributed by atoms with E-state index in [9.17, 15) is 27.2 Å². The highest BCUT2D eigenvalue weighted by Gasteiger charge is 2.46. The van der Waals surface area contributed by atoms with Crippen molar-refractivity contribution >= 4 is 17.5 Å². The molecule has 44 heavy (non-hydrogen) atoms. The second kappa shape index (κ2) is 11.1. The number of alkyl halides is 4. The summed E-state index contributed by atoms with van der Waals surface area (Å²) in [7, 11) is 0. The molecule has 4 saturated carbocycles. The first-order valence-electron chi connectivity index (χ1n) is 15.6. The van der Waals surface area contributed by atoms with E-state index >= 15 is 0 Å². The zero-order valence-corrected chi connectivity index (χ0v) is 24.3. The molecule has 0 radical (unpaired) electrons. The fourth-order valence-electron chi connectivity index (χ4n) is 6.62. The van der Waals surface area contributed by atoms with Gasteiger partial charge in [-0.15, -0.1) is 5.10 Å². The Bertz CT molecular complexity index is 1530. The Balaban J connectivity index is 1.10. The maximum absolute atomic E-state index is 14.1. The van der Waals surface area contributed by atoms with Crippen LogP contribution in [0.3, 0.4) is 0 Å². The van der Waals surface area contributed by atoms with Crippen molar-refractivity contribution in [3.05, 3.63) is 41.6 Å². The number of imidazole rings is 1. The van der Waals surface area contributed by atoms with Gasteiger partial charge in [0.25, 0.3) is 5.91 Å². The Morgan fingerprint density at radius 2 is 1.61 bits per heavy atom. The minimum atomic E-state index is -2.73. The van der Waals surface area contributed by atoms with E-state index in [0.717, 1.165) is 31.2 Å². The van der Waals surface area contributed by atoms with Gasteiger partial charge in [-0.2, -0.15) is 15.0 Å². The van der Waals surface area contributed by atoms with Crippen molar-refractivity contribution < 1.29 is 27.2 Å². The standard InChI is InChI=1S/C30H36F4N8O2/c31-29(32)7-5-20(6-8-29)27(39-28(44)22-14-36-42(40-22)15-17-1-2-17)23-16-41-24(37-23)10-21(13-35-41)26(19-3-4-19)38-25(43)9-18-11-30(33,34)12-18/h10,13-14,16-20,26-27H,1-9,11-12,15H2,(H,38,43)(H,39,44)/t26-,27+/m1/s1. The van der Waals surface area contributed by atoms with Crippen LogP contribution in [0.4, 0.5) is 17.6 Å². The van der Waals surface area contributed by atoms with E-state index in [-0.39, 0.29) is 80.3 Å². The molecule has 0 aliphatic heterocycles. The number of nitrogens with zero attached hydrogens (tertiary/aromatic N) is 6. The molecule has 236 valence electrons. The van der Waals surface area contributed by atoms with Crippen molar-refractivity contribution in [2.75, 3.05) is 0 Å². The van der Waals surface area contributed by atoms with Crippen molar-refractivity contribution in [3.8, 4) is 0 Å². The average Bonchev–Trinajstić information content (AvgIpc) is 3.87. The van der Waals surface area contributed by atoms with Crippen LogP contribution < -0.4 is 10.6 Å². The van der Waals surface area contributed by atoms with Gasteiger partial charge in [0.1, 0.15) is 0 Å². The quantitative estimate of drug-likeness (QED) is 0.292. The molecular formula is C30H36F4N8O2. The largest absolute Gasteiger partial charge is 0.349 e. The number of carbonyl (C=O) groups is 2. The second-order valence-corrected chi connectivity index (χ2v) is 13.3. The summed E-state index contributed by atoms with van der Waals surface area (Å²) in [5.74, 6) is -5.90. The molecule has 4 fully saturated rings. The maximum Gasteiger partial charge on any atom is 0.274 e. The SMILES string of the molecule is O=C(CC1CC(F)(F)C1)N[C@@H](c1cnn2cc([C@@H](NC(=O)c3cnn(CC4CC4)n3)C3CCC(F)(F)CC3)nc2c1)C1CC1. The number of rotatable bonds is 11. The number of amides is 2. The molecule has 0 saturated heterocycles. The van der Waals surface area contributed by atoms with Crippen molar-refractivity contribution in [2.45, 2.75) is 101 Å². The van der Waals surface area contributed by atoms with Gasteiger partial charge in [-0.1, -0.05) is 0 Å². The minimum Gasteiger partial charge on any atom is -0.349 e. The molecule has 7 rings (SSSR count). The summed E-state index contributed by atoms with van der Waals surface area (Å²) >= 11 is 0. The van der Waals surface area contributed by atoms with Crippen molar-refractivity contribution in [2.24, 2.45) is 23.7 Å². The van der Waals surface area contributed by atoms with Gasteiger partial charge in [-0.3, -0.25) is 9.59 Å². The van der Waals surface area contributed by atoms with Gasteiger partial charge in [0.05, 0.1) is 42.9 Å². The highest BCUT2D eigenvalue weighted by molar-refractivity contribution is 5.92. The molecule has 0 aromatic carbocycles. The third-order valence-electron chi connectivity index (χ3n) is 9.50. The predicted molar refractivity (Wildman–Crippen MR) is 149 cm³/mol. The third kappa shape index (κ3) is 6.58. The Kier molecular flexibility index (Phi) is 7.35. The summed E-state index contributed by atoms with van der Waals surface area (Å²) in [6.07, 6.45) is 8.36. The zero-order valence-electron chi connectivity index (χ0n) is 24.3. The van der Waals surface area contributed by atoms with Crippen LogP contribution >= 0.6 is 0 Å². The summed E-state index contributed by atoms with van der Waals surface area (Å²) in [5.41, 5.74) is 1.91. The number of fused-ring (bicyclic) bond motifs is 1. The van der Waals surface area contributed by atoms with E-state index in [1.54, 1.807) is 16.9 Å². The Hall–Kier alpha value is -3.58.